The number of nitrogens with two attached hydrogens (primary N) is 1. The largest absolute Gasteiger partial charge is 0.383 e. The Morgan fingerprint density at radius 3 is 2.29 bits per heavy atom. The van der Waals surface area contributed by atoms with Gasteiger partial charge in [0, 0.05) is 46.4 Å². The second-order valence-corrected chi connectivity index (χ2v) is 7.80. The minimum absolute atomic E-state index is 0.140. The highest BCUT2D eigenvalue weighted by Crippen LogP contribution is 2.38. The second-order valence-electron chi connectivity index (χ2n) is 5.87. The molecular formula is C13H27N3O4S. The maximum atomic E-state index is 12.8. The van der Waals surface area contributed by atoms with E-state index in [-0.39, 0.29) is 6.04 Å². The summed E-state index contributed by atoms with van der Waals surface area (Å²) in [5.74, 6) is 0.730. The zero-order valence-electron chi connectivity index (χ0n) is 12.9. The lowest BCUT2D eigenvalue weighted by Gasteiger charge is -2.27. The van der Waals surface area contributed by atoms with Crippen molar-refractivity contribution in [1.29, 1.82) is 0 Å². The average molecular weight is 321 g/mol. The molecule has 0 aromatic heterocycles. The minimum Gasteiger partial charge on any atom is -0.383 e. The number of hydrogen-bond donors (Lipinski definition) is 1. The van der Waals surface area contributed by atoms with E-state index in [0.29, 0.717) is 51.2 Å². The molecule has 0 bridgehead atoms. The third-order valence-corrected chi connectivity index (χ3v) is 6.59. The molecule has 2 rings (SSSR count). The Hall–Kier alpha value is -0.250. The molecule has 3 atom stereocenters. The lowest BCUT2D eigenvalue weighted by Crippen LogP contribution is -2.46. The molecule has 3 unspecified atom stereocenters. The predicted octanol–water partition coefficient (Wildman–Crippen LogP) is -0.505. The number of rotatable bonds is 8. The fourth-order valence-corrected chi connectivity index (χ4v) is 5.02. The van der Waals surface area contributed by atoms with E-state index in [9.17, 15) is 8.42 Å². The highest BCUT2D eigenvalue weighted by atomic mass is 32.2. The van der Waals surface area contributed by atoms with Crippen LogP contribution in [0.25, 0.3) is 0 Å². The Kier molecular flexibility index (Phi) is 5.98. The zero-order chi connectivity index (χ0) is 15.5. The summed E-state index contributed by atoms with van der Waals surface area (Å²) in [6, 6.07) is 0.140. The van der Waals surface area contributed by atoms with Gasteiger partial charge in [-0.25, -0.2) is 0 Å². The van der Waals surface area contributed by atoms with Gasteiger partial charge in [0.25, 0.3) is 10.2 Å². The van der Waals surface area contributed by atoms with Gasteiger partial charge in [-0.2, -0.15) is 17.0 Å². The van der Waals surface area contributed by atoms with Crippen LogP contribution in [0.3, 0.4) is 0 Å². The van der Waals surface area contributed by atoms with Crippen molar-refractivity contribution in [2.45, 2.75) is 18.9 Å². The molecule has 21 heavy (non-hydrogen) atoms. The Bertz CT molecular complexity index is 415. The molecule has 8 heteroatoms. The lowest BCUT2D eigenvalue weighted by atomic mass is 9.98. The molecule has 1 aliphatic heterocycles. The van der Waals surface area contributed by atoms with Crippen LogP contribution in [0, 0.1) is 11.8 Å². The van der Waals surface area contributed by atoms with Gasteiger partial charge in [0.15, 0.2) is 0 Å². The molecule has 0 spiro atoms. The van der Waals surface area contributed by atoms with E-state index in [1.165, 1.54) is 4.31 Å². The summed E-state index contributed by atoms with van der Waals surface area (Å²) in [6.07, 6.45) is 2.05. The van der Waals surface area contributed by atoms with E-state index in [2.05, 4.69) is 0 Å². The van der Waals surface area contributed by atoms with Crippen molar-refractivity contribution in [3.63, 3.8) is 0 Å². The third kappa shape index (κ3) is 3.75. The summed E-state index contributed by atoms with van der Waals surface area (Å²) in [6.45, 7) is 2.59. The van der Waals surface area contributed by atoms with Gasteiger partial charge in [-0.3, -0.25) is 0 Å². The zero-order valence-corrected chi connectivity index (χ0v) is 13.7. The fraction of sp³-hybridized carbons (Fsp3) is 1.00. The molecule has 2 N–H and O–H groups in total. The van der Waals surface area contributed by atoms with Gasteiger partial charge < -0.3 is 15.2 Å². The summed E-state index contributed by atoms with van der Waals surface area (Å²) >= 11 is 0. The van der Waals surface area contributed by atoms with Gasteiger partial charge in [0.1, 0.15) is 0 Å². The quantitative estimate of drug-likeness (QED) is 0.651. The predicted molar refractivity (Wildman–Crippen MR) is 80.0 cm³/mol. The Labute approximate surface area is 127 Å². The summed E-state index contributed by atoms with van der Waals surface area (Å²) in [4.78, 5) is 0. The standard InChI is InChI=1S/C13H27N3O4S/c1-19-7-5-15(6-8-20-2)21(17,18)16-9-11-3-4-13(14)12(11)10-16/h11-13H,3-10,14H2,1-2H3. The number of nitrogens with zero attached hydrogens (tertiary/aromatic N) is 2. The van der Waals surface area contributed by atoms with Crippen molar-refractivity contribution in [3.8, 4) is 0 Å². The molecule has 0 aromatic rings. The van der Waals surface area contributed by atoms with Crippen LogP contribution < -0.4 is 5.73 Å². The molecule has 1 saturated carbocycles. The van der Waals surface area contributed by atoms with Gasteiger partial charge in [-0.05, 0) is 24.7 Å². The maximum Gasteiger partial charge on any atom is 0.282 e. The Morgan fingerprint density at radius 1 is 1.14 bits per heavy atom. The van der Waals surface area contributed by atoms with Gasteiger partial charge in [-0.1, -0.05) is 0 Å². The topological polar surface area (TPSA) is 85.1 Å². The molecule has 1 saturated heterocycles. The van der Waals surface area contributed by atoms with Crippen molar-refractivity contribution in [2.24, 2.45) is 17.6 Å². The monoisotopic (exact) mass is 321 g/mol. The lowest BCUT2D eigenvalue weighted by molar-refractivity contribution is 0.147. The summed E-state index contributed by atoms with van der Waals surface area (Å²) in [5.41, 5.74) is 6.09. The van der Waals surface area contributed by atoms with Crippen molar-refractivity contribution in [3.05, 3.63) is 0 Å². The molecule has 0 radical (unpaired) electrons. The van der Waals surface area contributed by atoms with Gasteiger partial charge in [0.2, 0.25) is 0 Å². The van der Waals surface area contributed by atoms with E-state index in [4.69, 9.17) is 15.2 Å². The molecule has 2 fully saturated rings. The molecule has 2 aliphatic rings. The van der Waals surface area contributed by atoms with E-state index in [1.807, 2.05) is 0 Å². The van der Waals surface area contributed by atoms with Crippen molar-refractivity contribution < 1.29 is 17.9 Å². The maximum absolute atomic E-state index is 12.8. The van der Waals surface area contributed by atoms with Crippen molar-refractivity contribution in [1.82, 2.24) is 8.61 Å². The number of fused-ring (bicyclic) bond motifs is 1. The minimum atomic E-state index is -3.46. The van der Waals surface area contributed by atoms with Gasteiger partial charge >= 0.3 is 0 Å². The van der Waals surface area contributed by atoms with Crippen LogP contribution in [0.5, 0.6) is 0 Å². The van der Waals surface area contributed by atoms with E-state index in [1.54, 1.807) is 18.5 Å². The molecular weight excluding hydrogens is 294 g/mol. The number of methoxy groups -OCH3 is 2. The Morgan fingerprint density at radius 2 is 1.76 bits per heavy atom. The SMILES string of the molecule is COCCN(CCOC)S(=O)(=O)N1CC2CCC(N)C2C1. The molecule has 7 nitrogen and oxygen atoms in total. The average Bonchev–Trinajstić information content (AvgIpc) is 3.02. The molecule has 124 valence electrons. The summed E-state index contributed by atoms with van der Waals surface area (Å²) in [7, 11) is -0.320. The van der Waals surface area contributed by atoms with Gasteiger partial charge in [-0.15, -0.1) is 0 Å². The number of hydrogen-bond acceptors (Lipinski definition) is 5. The van der Waals surface area contributed by atoms with E-state index < -0.39 is 10.2 Å². The smallest absolute Gasteiger partial charge is 0.282 e. The molecule has 1 heterocycles. The van der Waals surface area contributed by atoms with Crippen LogP contribution in [0.2, 0.25) is 0 Å². The highest BCUT2D eigenvalue weighted by Gasteiger charge is 2.46. The molecule has 0 amide bonds. The normalized spacial score (nSPS) is 30.2. The number of ether oxygens (including phenoxy) is 2. The third-order valence-electron chi connectivity index (χ3n) is 4.62. The first-order valence-electron chi connectivity index (χ1n) is 7.49. The van der Waals surface area contributed by atoms with Crippen molar-refractivity contribution in [2.75, 3.05) is 53.6 Å². The van der Waals surface area contributed by atoms with Crippen LogP contribution in [-0.2, 0) is 19.7 Å². The van der Waals surface area contributed by atoms with E-state index >= 15 is 0 Å². The van der Waals surface area contributed by atoms with Crippen LogP contribution in [0.1, 0.15) is 12.8 Å². The summed E-state index contributed by atoms with van der Waals surface area (Å²) in [5, 5.41) is 0. The van der Waals surface area contributed by atoms with Crippen molar-refractivity contribution >= 4 is 10.2 Å². The first-order chi connectivity index (χ1) is 10.0. The molecule has 0 aromatic carbocycles. The second kappa shape index (κ2) is 7.34. The molecule has 1 aliphatic carbocycles. The van der Waals surface area contributed by atoms with Gasteiger partial charge in [0.05, 0.1) is 13.2 Å². The summed E-state index contributed by atoms with van der Waals surface area (Å²) < 4.78 is 38.6. The Balaban J connectivity index is 2.04. The van der Waals surface area contributed by atoms with Crippen LogP contribution in [0.4, 0.5) is 0 Å². The van der Waals surface area contributed by atoms with E-state index in [0.717, 1.165) is 12.8 Å². The van der Waals surface area contributed by atoms with Crippen LogP contribution in [-0.4, -0.2) is 76.7 Å². The van der Waals surface area contributed by atoms with Crippen LogP contribution >= 0.6 is 0 Å². The first-order valence-corrected chi connectivity index (χ1v) is 8.89. The first kappa shape index (κ1) is 17.1. The fourth-order valence-electron chi connectivity index (χ4n) is 3.35. The van der Waals surface area contributed by atoms with Crippen LogP contribution in [0.15, 0.2) is 0 Å². The highest BCUT2D eigenvalue weighted by molar-refractivity contribution is 7.86.